The van der Waals surface area contributed by atoms with Crippen LogP contribution in [0.5, 0.6) is 0 Å². The summed E-state index contributed by atoms with van der Waals surface area (Å²) in [5, 5.41) is 0.836. The minimum absolute atomic E-state index is 0.836. The number of fused-ring (bicyclic) bond motifs is 1. The molecule has 3 heteroatoms. The zero-order chi connectivity index (χ0) is 13.0. The third-order valence-corrected chi connectivity index (χ3v) is 3.26. The van der Waals surface area contributed by atoms with E-state index in [4.69, 9.17) is 11.6 Å². The van der Waals surface area contributed by atoms with E-state index in [-0.39, 0.29) is 0 Å². The van der Waals surface area contributed by atoms with Gasteiger partial charge in [-0.1, -0.05) is 31.5 Å². The van der Waals surface area contributed by atoms with Gasteiger partial charge in [-0.15, -0.1) is 0 Å². The van der Waals surface area contributed by atoms with Gasteiger partial charge < -0.3 is 0 Å². The molecule has 3 rings (SSSR count). The van der Waals surface area contributed by atoms with Crippen LogP contribution in [0.1, 0.15) is 31.5 Å². The van der Waals surface area contributed by atoms with Crippen LogP contribution in [0.2, 0.25) is 5.02 Å². The second-order valence-electron chi connectivity index (χ2n) is 3.98. The number of rotatable bonds is 1. The van der Waals surface area contributed by atoms with Gasteiger partial charge in [0.2, 0.25) is 0 Å². The first-order chi connectivity index (χ1) is 8.84. The van der Waals surface area contributed by atoms with Gasteiger partial charge in [-0.3, -0.25) is 9.97 Å². The Labute approximate surface area is 113 Å². The zero-order valence-corrected chi connectivity index (χ0v) is 11.5. The van der Waals surface area contributed by atoms with Crippen molar-refractivity contribution in [3.05, 3.63) is 46.7 Å². The van der Waals surface area contributed by atoms with Gasteiger partial charge in [-0.2, -0.15) is 0 Å². The van der Waals surface area contributed by atoms with Gasteiger partial charge in [0.15, 0.2) is 0 Å². The molecule has 0 aliphatic heterocycles. The molecule has 0 amide bonds. The molecule has 0 N–H and O–H groups in total. The minimum Gasteiger partial charge on any atom is -0.255 e. The van der Waals surface area contributed by atoms with E-state index in [1.807, 2.05) is 38.1 Å². The fourth-order valence-corrected chi connectivity index (χ4v) is 2.45. The van der Waals surface area contributed by atoms with Gasteiger partial charge in [0.25, 0.3) is 0 Å². The van der Waals surface area contributed by atoms with Crippen LogP contribution in [0, 0.1) is 0 Å². The minimum atomic E-state index is 0.836. The van der Waals surface area contributed by atoms with Gasteiger partial charge >= 0.3 is 0 Å². The van der Waals surface area contributed by atoms with Crippen LogP contribution in [-0.2, 0) is 12.8 Å². The van der Waals surface area contributed by atoms with Crippen LogP contribution >= 0.6 is 11.6 Å². The number of nitrogens with zero attached hydrogens (tertiary/aromatic N) is 2. The lowest BCUT2D eigenvalue weighted by atomic mass is 10.1. The van der Waals surface area contributed by atoms with Gasteiger partial charge in [0.1, 0.15) is 0 Å². The van der Waals surface area contributed by atoms with Gasteiger partial charge in [-0.25, -0.2) is 0 Å². The first kappa shape index (κ1) is 13.0. The summed E-state index contributed by atoms with van der Waals surface area (Å²) in [5.74, 6) is 0. The van der Waals surface area contributed by atoms with E-state index in [1.54, 1.807) is 6.20 Å². The average molecular weight is 261 g/mol. The largest absolute Gasteiger partial charge is 0.255 e. The molecule has 2 aromatic heterocycles. The Morgan fingerprint density at radius 3 is 2.67 bits per heavy atom. The summed E-state index contributed by atoms with van der Waals surface area (Å²) in [6, 6.07) is 7.75. The van der Waals surface area contributed by atoms with Crippen molar-refractivity contribution in [3.8, 4) is 11.4 Å². The van der Waals surface area contributed by atoms with E-state index in [9.17, 15) is 0 Å². The molecule has 0 atom stereocenters. The van der Waals surface area contributed by atoms with Crippen molar-refractivity contribution in [3.63, 3.8) is 0 Å². The van der Waals surface area contributed by atoms with Crippen LogP contribution < -0.4 is 0 Å². The molecule has 0 saturated heterocycles. The Morgan fingerprint density at radius 2 is 1.94 bits per heavy atom. The van der Waals surface area contributed by atoms with Crippen molar-refractivity contribution in [2.45, 2.75) is 33.1 Å². The van der Waals surface area contributed by atoms with E-state index >= 15 is 0 Å². The molecule has 0 aromatic carbocycles. The summed E-state index contributed by atoms with van der Waals surface area (Å²) in [6.45, 7) is 4.00. The number of hydrogen-bond donors (Lipinski definition) is 0. The molecular formula is C15H17ClN2. The summed E-state index contributed by atoms with van der Waals surface area (Å²) in [6.07, 6.45) is 5.03. The van der Waals surface area contributed by atoms with Gasteiger partial charge in [-0.05, 0) is 43.0 Å². The van der Waals surface area contributed by atoms with E-state index in [0.29, 0.717) is 0 Å². The fourth-order valence-electron chi connectivity index (χ4n) is 2.14. The molecule has 2 aromatic rings. The number of halogens is 1. The van der Waals surface area contributed by atoms with Crippen LogP contribution in [0.3, 0.4) is 0 Å². The van der Waals surface area contributed by atoms with Crippen molar-refractivity contribution in [2.24, 2.45) is 0 Å². The number of aromatic nitrogens is 2. The molecule has 1 aliphatic rings. The predicted octanol–water partition coefficient (Wildman–Crippen LogP) is 4.31. The van der Waals surface area contributed by atoms with Crippen molar-refractivity contribution < 1.29 is 0 Å². The van der Waals surface area contributed by atoms with Crippen molar-refractivity contribution >= 4 is 11.6 Å². The fraction of sp³-hybridized carbons (Fsp3) is 0.333. The lowest BCUT2D eigenvalue weighted by Gasteiger charge is -2.05. The Balaban J connectivity index is 0.000000574. The SMILES string of the molecule is CC.Clc1cc(-c2ccccn2)nc2c1CCC2. The van der Waals surface area contributed by atoms with Crippen LogP contribution in [-0.4, -0.2) is 9.97 Å². The Hall–Kier alpha value is -1.41. The van der Waals surface area contributed by atoms with E-state index in [2.05, 4.69) is 9.97 Å². The molecule has 0 spiro atoms. The third-order valence-electron chi connectivity index (χ3n) is 2.92. The van der Waals surface area contributed by atoms with Gasteiger partial charge in [0, 0.05) is 16.9 Å². The highest BCUT2D eigenvalue weighted by Gasteiger charge is 2.17. The highest BCUT2D eigenvalue weighted by Crippen LogP contribution is 2.30. The van der Waals surface area contributed by atoms with Crippen molar-refractivity contribution in [1.82, 2.24) is 9.97 Å². The summed E-state index contributed by atoms with van der Waals surface area (Å²) in [7, 11) is 0. The normalized spacial score (nSPS) is 12.6. The van der Waals surface area contributed by atoms with E-state index in [0.717, 1.165) is 41.4 Å². The molecule has 94 valence electrons. The molecule has 0 bridgehead atoms. The van der Waals surface area contributed by atoms with E-state index in [1.165, 1.54) is 5.56 Å². The summed E-state index contributed by atoms with van der Waals surface area (Å²) < 4.78 is 0. The lowest BCUT2D eigenvalue weighted by Crippen LogP contribution is -1.94. The monoisotopic (exact) mass is 260 g/mol. The van der Waals surface area contributed by atoms with Crippen molar-refractivity contribution in [2.75, 3.05) is 0 Å². The van der Waals surface area contributed by atoms with Crippen LogP contribution in [0.4, 0.5) is 0 Å². The molecule has 2 nitrogen and oxygen atoms in total. The topological polar surface area (TPSA) is 25.8 Å². The number of pyridine rings is 2. The number of aryl methyl sites for hydroxylation is 1. The van der Waals surface area contributed by atoms with E-state index < -0.39 is 0 Å². The third kappa shape index (κ3) is 2.54. The first-order valence-corrected chi connectivity index (χ1v) is 6.82. The summed E-state index contributed by atoms with van der Waals surface area (Å²) in [4.78, 5) is 8.93. The first-order valence-electron chi connectivity index (χ1n) is 6.44. The maximum absolute atomic E-state index is 6.26. The summed E-state index contributed by atoms with van der Waals surface area (Å²) >= 11 is 6.26. The van der Waals surface area contributed by atoms with Crippen LogP contribution in [0.15, 0.2) is 30.5 Å². The number of hydrogen-bond acceptors (Lipinski definition) is 2. The molecule has 1 aliphatic carbocycles. The molecule has 0 radical (unpaired) electrons. The summed E-state index contributed by atoms with van der Waals surface area (Å²) in [5.41, 5.74) is 4.14. The molecule has 0 fully saturated rings. The Kier molecular flexibility index (Phi) is 4.32. The second kappa shape index (κ2) is 5.96. The smallest absolute Gasteiger partial charge is 0.0904 e. The zero-order valence-electron chi connectivity index (χ0n) is 10.8. The highest BCUT2D eigenvalue weighted by molar-refractivity contribution is 6.31. The van der Waals surface area contributed by atoms with Crippen LogP contribution in [0.25, 0.3) is 11.4 Å². The Bertz CT molecular complexity index is 524. The predicted molar refractivity (Wildman–Crippen MR) is 75.9 cm³/mol. The standard InChI is InChI=1S/C13H11ClN2.C2H6/c14-10-8-13(12-5-1-2-7-15-12)16-11-6-3-4-9(10)11;1-2/h1-2,5,7-8H,3-4,6H2;1-2H3. The highest BCUT2D eigenvalue weighted by atomic mass is 35.5. The van der Waals surface area contributed by atoms with Gasteiger partial charge in [0.05, 0.1) is 11.4 Å². The second-order valence-corrected chi connectivity index (χ2v) is 4.39. The maximum atomic E-state index is 6.26. The molecule has 2 heterocycles. The molecule has 0 unspecified atom stereocenters. The lowest BCUT2D eigenvalue weighted by molar-refractivity contribution is 0.899. The molecule has 18 heavy (non-hydrogen) atoms. The quantitative estimate of drug-likeness (QED) is 0.763. The maximum Gasteiger partial charge on any atom is 0.0904 e. The Morgan fingerprint density at radius 1 is 1.11 bits per heavy atom. The molecule has 0 saturated carbocycles. The average Bonchev–Trinajstić information content (AvgIpc) is 2.91. The molecular weight excluding hydrogens is 244 g/mol. The van der Waals surface area contributed by atoms with Crippen molar-refractivity contribution in [1.29, 1.82) is 0 Å².